The van der Waals surface area contributed by atoms with Crippen molar-refractivity contribution in [2.24, 2.45) is 0 Å². The highest BCUT2D eigenvalue weighted by atomic mass is 127. The minimum Gasteiger partial charge on any atom is -0.508 e. The van der Waals surface area contributed by atoms with Crippen LogP contribution in [0.4, 0.5) is 0 Å². The highest BCUT2D eigenvalue weighted by Gasteiger charge is 2.17. The molecule has 1 aromatic rings. The summed E-state index contributed by atoms with van der Waals surface area (Å²) >= 11 is -1.79. The fraction of sp³-hybridized carbons (Fsp3) is 0.111. The third kappa shape index (κ3) is 2.75. The largest absolute Gasteiger partial charge is 0.508 e. The highest BCUT2D eigenvalue weighted by molar-refractivity contribution is 14.1. The molecular weight excluding hydrogens is 329 g/mol. The van der Waals surface area contributed by atoms with Crippen molar-refractivity contribution in [2.45, 2.75) is 6.92 Å². The van der Waals surface area contributed by atoms with Crippen LogP contribution in [0.2, 0.25) is 0 Å². The molecule has 86 valence electrons. The molecule has 0 heterocycles. The quantitative estimate of drug-likeness (QED) is 0.695. The molecule has 0 unspecified atom stereocenters. The van der Waals surface area contributed by atoms with E-state index in [4.69, 9.17) is 0 Å². The van der Waals surface area contributed by atoms with E-state index in [1.165, 1.54) is 0 Å². The van der Waals surface area contributed by atoms with Crippen molar-refractivity contribution >= 4 is 33.0 Å². The Morgan fingerprint density at radius 3 is 2.44 bits per heavy atom. The molecule has 0 saturated heterocycles. The molecule has 0 saturated carbocycles. The molecule has 1 aromatic carbocycles. The summed E-state index contributed by atoms with van der Waals surface area (Å²) in [7, 11) is 0. The number of amides is 2. The first-order chi connectivity index (χ1) is 7.45. The average Bonchev–Trinajstić information content (AvgIpc) is 2.15. The maximum atomic E-state index is 11.5. The van der Waals surface area contributed by atoms with Gasteiger partial charge in [-0.15, -0.1) is 0 Å². The van der Waals surface area contributed by atoms with Gasteiger partial charge in [0, 0.05) is 13.0 Å². The van der Waals surface area contributed by atoms with Gasteiger partial charge < -0.3 is 10.2 Å². The molecule has 0 aliphatic rings. The number of benzene rings is 1. The monoisotopic (exact) mass is 337 g/mol. The van der Waals surface area contributed by atoms with E-state index in [-0.39, 0.29) is 14.9 Å². The lowest BCUT2D eigenvalue weighted by atomic mass is 10.2. The lowest BCUT2D eigenvalue weighted by Crippen LogP contribution is -2.28. The van der Waals surface area contributed by atoms with Crippen LogP contribution >= 0.6 is 21.2 Å². The zero-order valence-corrected chi connectivity index (χ0v) is 10.3. The van der Waals surface area contributed by atoms with E-state index < -0.39 is 38.8 Å². The van der Waals surface area contributed by atoms with Crippen molar-refractivity contribution in [3.05, 3.63) is 21.3 Å². The van der Waals surface area contributed by atoms with Crippen molar-refractivity contribution in [1.29, 1.82) is 0 Å². The number of aromatic hydroxyl groups is 2. The van der Waals surface area contributed by atoms with E-state index >= 15 is 0 Å². The van der Waals surface area contributed by atoms with Crippen LogP contribution in [0.3, 0.4) is 0 Å². The van der Waals surface area contributed by atoms with Gasteiger partial charge in [0.05, 0.1) is 5.56 Å². The van der Waals surface area contributed by atoms with Gasteiger partial charge in [0.25, 0.3) is 5.91 Å². The molecule has 3 N–H and O–H groups in total. The van der Waals surface area contributed by atoms with Crippen molar-refractivity contribution in [3.8, 4) is 11.5 Å². The van der Waals surface area contributed by atoms with Gasteiger partial charge in [0.1, 0.15) is 15.1 Å². The molecule has 2 amide bonds. The Kier molecular flexibility index (Phi) is 3.93. The fourth-order valence-corrected chi connectivity index (χ4v) is 2.09. The summed E-state index contributed by atoms with van der Waals surface area (Å²) in [6.07, 6.45) is 0. The Balaban J connectivity index is 3.25. The predicted octanol–water partition coefficient (Wildman–Crippen LogP) is 0.860. The van der Waals surface area contributed by atoms with Crippen LogP contribution in [-0.4, -0.2) is 22.0 Å². The first-order valence-corrected chi connectivity index (χ1v) is 6.06. The van der Waals surface area contributed by atoms with E-state index in [1.807, 2.05) is 5.32 Å². The van der Waals surface area contributed by atoms with Crippen molar-refractivity contribution < 1.29 is 22.9 Å². The molecule has 7 heteroatoms. The third-order valence-corrected chi connectivity index (χ3v) is 3.22. The minimum absolute atomic E-state index is 0.0460. The van der Waals surface area contributed by atoms with Gasteiger partial charge in [-0.05, 0) is 6.07 Å². The molecule has 0 radical (unpaired) electrons. The number of rotatable bonds is 2. The van der Waals surface area contributed by atoms with Gasteiger partial charge >= 0.3 is 0 Å². The number of phenolic OH excluding ortho intramolecular Hbond substituents is 2. The summed E-state index contributed by atoms with van der Waals surface area (Å²) in [5, 5.41) is 20.5. The lowest BCUT2D eigenvalue weighted by molar-refractivity contribution is -0.118. The van der Waals surface area contributed by atoms with Crippen molar-refractivity contribution in [3.63, 3.8) is 0 Å². The zero-order chi connectivity index (χ0) is 12.3. The molecule has 6 nitrogen and oxygen atoms in total. The molecule has 0 fully saturated rings. The van der Waals surface area contributed by atoms with Gasteiger partial charge in [-0.2, -0.15) is 0 Å². The lowest BCUT2D eigenvalue weighted by Gasteiger charge is -2.06. The number of phenols is 2. The number of halogens is 1. The van der Waals surface area contributed by atoms with E-state index in [0.717, 1.165) is 19.1 Å². The van der Waals surface area contributed by atoms with Gasteiger partial charge in [0.15, 0.2) is 21.2 Å². The van der Waals surface area contributed by atoms with Crippen LogP contribution in [0.1, 0.15) is 17.3 Å². The van der Waals surface area contributed by atoms with E-state index in [2.05, 4.69) is 0 Å². The third-order valence-electron chi connectivity index (χ3n) is 1.65. The highest BCUT2D eigenvalue weighted by Crippen LogP contribution is 2.30. The van der Waals surface area contributed by atoms with Gasteiger partial charge in [-0.3, -0.25) is 18.0 Å². The summed E-state index contributed by atoms with van der Waals surface area (Å²) in [4.78, 5) is 22.1. The predicted molar refractivity (Wildman–Crippen MR) is 61.3 cm³/mol. The second-order valence-corrected chi connectivity index (χ2v) is 4.43. The summed E-state index contributed by atoms with van der Waals surface area (Å²) in [5.74, 6) is -2.14. The second kappa shape index (κ2) is 5.01. The Labute approximate surface area is 101 Å². The maximum Gasteiger partial charge on any atom is 0.259 e. The number of imide groups is 1. The Morgan fingerprint density at radius 2 is 1.94 bits per heavy atom. The first-order valence-electron chi connectivity index (χ1n) is 4.10. The van der Waals surface area contributed by atoms with Crippen molar-refractivity contribution in [2.75, 3.05) is 0 Å². The number of nitrogens with one attached hydrogen (secondary N) is 1. The standard InChI is InChI=1S/C9H8INO5/c1-4(12)11-9(15)6-2-5(13)3-7(14)8(6)10-16/h2-3,13-14H,1H3,(H,11,12,15). The average molecular weight is 337 g/mol. The molecule has 16 heavy (non-hydrogen) atoms. The van der Waals surface area contributed by atoms with Crippen LogP contribution in [0.5, 0.6) is 11.5 Å². The Bertz CT molecular complexity index is 471. The summed E-state index contributed by atoms with van der Waals surface area (Å²) in [6, 6.07) is 2.03. The molecule has 0 bridgehead atoms. The molecule has 1 rings (SSSR count). The minimum atomic E-state index is -1.79. The fourth-order valence-electron chi connectivity index (χ4n) is 1.07. The van der Waals surface area contributed by atoms with Gasteiger partial charge in [-0.1, -0.05) is 0 Å². The van der Waals surface area contributed by atoms with E-state index in [9.17, 15) is 22.9 Å². The Hall–Kier alpha value is -1.51. The summed E-state index contributed by atoms with van der Waals surface area (Å²) < 4.78 is 10.8. The number of carbonyl (C=O) groups is 2. The van der Waals surface area contributed by atoms with E-state index in [0.29, 0.717) is 0 Å². The Morgan fingerprint density at radius 1 is 1.31 bits per heavy atom. The second-order valence-electron chi connectivity index (χ2n) is 2.91. The number of hydrogen-bond acceptors (Lipinski definition) is 5. The molecule has 0 spiro atoms. The SMILES string of the molecule is CC(=O)NC(=O)c1cc(O)cc(O)c1I=O. The summed E-state index contributed by atoms with van der Waals surface area (Å²) in [6.45, 7) is 1.15. The van der Waals surface area contributed by atoms with Crippen LogP contribution in [-0.2, 0) is 7.86 Å². The van der Waals surface area contributed by atoms with Crippen molar-refractivity contribution in [1.82, 2.24) is 5.32 Å². The summed E-state index contributed by atoms with van der Waals surface area (Å²) in [5.41, 5.74) is -0.157. The molecule has 0 aliphatic heterocycles. The van der Waals surface area contributed by atoms with Gasteiger partial charge in [0.2, 0.25) is 5.91 Å². The van der Waals surface area contributed by atoms with Crippen LogP contribution in [0.25, 0.3) is 0 Å². The molecule has 0 aliphatic carbocycles. The topological polar surface area (TPSA) is 104 Å². The first kappa shape index (κ1) is 12.6. The van der Waals surface area contributed by atoms with Crippen LogP contribution in [0.15, 0.2) is 12.1 Å². The number of hydrogen-bond donors (Lipinski definition) is 3. The molecular formula is C9H8INO5. The smallest absolute Gasteiger partial charge is 0.259 e. The number of carbonyl (C=O) groups excluding carboxylic acids is 2. The van der Waals surface area contributed by atoms with Crippen LogP contribution < -0.4 is 5.32 Å². The zero-order valence-electron chi connectivity index (χ0n) is 8.15. The molecule has 0 aromatic heterocycles. The van der Waals surface area contributed by atoms with Gasteiger partial charge in [-0.25, -0.2) is 0 Å². The molecule has 0 atom stereocenters. The normalized spacial score (nSPS) is 9.81. The van der Waals surface area contributed by atoms with Crippen LogP contribution in [0, 0.1) is 3.57 Å². The van der Waals surface area contributed by atoms with E-state index in [1.54, 1.807) is 0 Å². The maximum absolute atomic E-state index is 11.5.